The summed E-state index contributed by atoms with van der Waals surface area (Å²) < 4.78 is 0. The van der Waals surface area contributed by atoms with Crippen LogP contribution in [0, 0.1) is 10.1 Å². The number of halogens is 1. The molecule has 0 aliphatic heterocycles. The number of carbonyl (C=O) groups is 2. The number of nitro benzene ring substituents is 1. The molecule has 0 bridgehead atoms. The monoisotopic (exact) mass is 375 g/mol. The van der Waals surface area contributed by atoms with Gasteiger partial charge in [0.25, 0.3) is 11.6 Å². The molecule has 2 N–H and O–H groups in total. The van der Waals surface area contributed by atoms with Crippen LogP contribution in [-0.4, -0.2) is 23.3 Å². The summed E-state index contributed by atoms with van der Waals surface area (Å²) in [6.07, 6.45) is 0.122. The van der Waals surface area contributed by atoms with Crippen molar-refractivity contribution in [3.05, 3.63) is 74.8 Å². The zero-order valence-electron chi connectivity index (χ0n) is 14.1. The van der Waals surface area contributed by atoms with Crippen molar-refractivity contribution in [2.24, 2.45) is 0 Å². The lowest BCUT2D eigenvalue weighted by molar-refractivity contribution is -0.384. The molecule has 136 valence electrons. The lowest BCUT2D eigenvalue weighted by Gasteiger charge is -2.14. The average Bonchev–Trinajstić information content (AvgIpc) is 2.62. The summed E-state index contributed by atoms with van der Waals surface area (Å²) >= 11 is 5.83. The Bertz CT molecular complexity index is 791. The predicted molar refractivity (Wildman–Crippen MR) is 98.1 cm³/mol. The molecule has 2 aromatic rings. The molecule has 0 heterocycles. The fourth-order valence-electron chi connectivity index (χ4n) is 2.27. The zero-order chi connectivity index (χ0) is 19.1. The third kappa shape index (κ3) is 5.56. The van der Waals surface area contributed by atoms with Crippen LogP contribution in [0.3, 0.4) is 0 Å². The molecule has 0 spiro atoms. The minimum Gasteiger partial charge on any atom is -0.352 e. The normalized spacial score (nSPS) is 11.5. The molecule has 0 aliphatic carbocycles. The van der Waals surface area contributed by atoms with Crippen LogP contribution >= 0.6 is 11.6 Å². The fourth-order valence-corrected chi connectivity index (χ4v) is 2.40. The van der Waals surface area contributed by atoms with Crippen LogP contribution in [0.25, 0.3) is 0 Å². The van der Waals surface area contributed by atoms with Gasteiger partial charge in [-0.05, 0) is 36.8 Å². The summed E-state index contributed by atoms with van der Waals surface area (Å²) in [5.41, 5.74) is 1.14. The molecule has 8 heteroatoms. The van der Waals surface area contributed by atoms with E-state index in [1.807, 2.05) is 19.1 Å². The smallest absolute Gasteiger partial charge is 0.269 e. The van der Waals surface area contributed by atoms with Crippen molar-refractivity contribution >= 4 is 29.1 Å². The highest BCUT2D eigenvalue weighted by atomic mass is 35.5. The van der Waals surface area contributed by atoms with Crippen LogP contribution in [0.5, 0.6) is 0 Å². The van der Waals surface area contributed by atoms with Gasteiger partial charge in [0.2, 0.25) is 5.91 Å². The molecule has 2 rings (SSSR count). The highest BCUT2D eigenvalue weighted by Gasteiger charge is 2.12. The topological polar surface area (TPSA) is 101 Å². The van der Waals surface area contributed by atoms with E-state index < -0.39 is 10.8 Å². The quantitative estimate of drug-likeness (QED) is 0.572. The summed E-state index contributed by atoms with van der Waals surface area (Å²) in [7, 11) is 0. The van der Waals surface area contributed by atoms with Crippen LogP contribution in [0.4, 0.5) is 5.69 Å². The van der Waals surface area contributed by atoms with Crippen molar-refractivity contribution in [3.8, 4) is 0 Å². The number of non-ortho nitro benzene ring substituents is 1. The van der Waals surface area contributed by atoms with E-state index in [0.29, 0.717) is 10.6 Å². The summed E-state index contributed by atoms with van der Waals surface area (Å²) in [5, 5.41) is 16.7. The second-order valence-electron chi connectivity index (χ2n) is 5.65. The van der Waals surface area contributed by atoms with Crippen molar-refractivity contribution in [1.82, 2.24) is 10.6 Å². The Hall–Kier alpha value is -2.93. The molecule has 0 aliphatic rings. The molecule has 0 unspecified atom stereocenters. The number of carbonyl (C=O) groups excluding carboxylic acids is 2. The van der Waals surface area contributed by atoms with Gasteiger partial charge in [-0.15, -0.1) is 0 Å². The van der Waals surface area contributed by atoms with E-state index in [-0.39, 0.29) is 30.6 Å². The number of nitrogens with zero attached hydrogens (tertiary/aromatic N) is 1. The lowest BCUT2D eigenvalue weighted by atomic mass is 10.1. The number of nitrogens with one attached hydrogen (secondary N) is 2. The van der Waals surface area contributed by atoms with Crippen molar-refractivity contribution in [1.29, 1.82) is 0 Å². The van der Waals surface area contributed by atoms with Gasteiger partial charge in [0.15, 0.2) is 0 Å². The predicted octanol–water partition coefficient (Wildman–Crippen LogP) is 3.25. The molecule has 0 fully saturated rings. The molecular formula is C18H18ClN3O4. The Morgan fingerprint density at radius 2 is 1.73 bits per heavy atom. The highest BCUT2D eigenvalue weighted by Crippen LogP contribution is 2.16. The van der Waals surface area contributed by atoms with Crippen molar-refractivity contribution in [3.63, 3.8) is 0 Å². The maximum Gasteiger partial charge on any atom is 0.269 e. The second-order valence-corrected chi connectivity index (χ2v) is 6.09. The summed E-state index contributed by atoms with van der Waals surface area (Å²) in [6.45, 7) is 2.02. The lowest BCUT2D eigenvalue weighted by Crippen LogP contribution is -2.32. The first-order chi connectivity index (χ1) is 12.4. The number of benzene rings is 2. The van der Waals surface area contributed by atoms with E-state index in [9.17, 15) is 19.7 Å². The molecule has 0 radical (unpaired) electrons. The van der Waals surface area contributed by atoms with E-state index in [1.54, 1.807) is 12.1 Å². The summed E-state index contributed by atoms with van der Waals surface area (Å²) in [5.74, 6) is -0.588. The largest absolute Gasteiger partial charge is 0.352 e. The minimum atomic E-state index is -0.534. The standard InChI is InChI=1S/C18H18ClN3O4/c1-12(13-2-6-15(19)7-3-13)21-17(23)10-11-20-18(24)14-4-8-16(9-5-14)22(25)26/h2-9,12H,10-11H2,1H3,(H,20,24)(H,21,23)/t12-/m0/s1. The Labute approximate surface area is 155 Å². The zero-order valence-corrected chi connectivity index (χ0v) is 14.8. The van der Waals surface area contributed by atoms with Crippen LogP contribution in [-0.2, 0) is 4.79 Å². The first kappa shape index (κ1) is 19.4. The van der Waals surface area contributed by atoms with Crippen molar-refractivity contribution in [2.45, 2.75) is 19.4 Å². The molecule has 0 saturated heterocycles. The first-order valence-electron chi connectivity index (χ1n) is 7.94. The summed E-state index contributed by atoms with van der Waals surface area (Å²) in [4.78, 5) is 34.0. The number of nitro groups is 1. The third-order valence-electron chi connectivity index (χ3n) is 3.73. The Balaban J connectivity index is 1.77. The van der Waals surface area contributed by atoms with Crippen molar-refractivity contribution in [2.75, 3.05) is 6.54 Å². The van der Waals surface area contributed by atoms with Crippen LogP contribution in [0.2, 0.25) is 5.02 Å². The third-order valence-corrected chi connectivity index (χ3v) is 3.98. The summed E-state index contributed by atoms with van der Waals surface area (Å²) in [6, 6.07) is 12.3. The van der Waals surface area contributed by atoms with E-state index in [1.165, 1.54) is 24.3 Å². The fraction of sp³-hybridized carbons (Fsp3) is 0.222. The maximum absolute atomic E-state index is 12.0. The molecule has 0 aromatic heterocycles. The Kier molecular flexibility index (Phi) is 6.68. The molecule has 26 heavy (non-hydrogen) atoms. The molecule has 0 saturated carbocycles. The van der Waals surface area contributed by atoms with Gasteiger partial charge in [0.1, 0.15) is 0 Å². The van der Waals surface area contributed by atoms with Gasteiger partial charge in [0, 0.05) is 35.7 Å². The van der Waals surface area contributed by atoms with E-state index in [4.69, 9.17) is 11.6 Å². The number of hydrogen-bond acceptors (Lipinski definition) is 4. The average molecular weight is 376 g/mol. The molecule has 1 atom stereocenters. The molecule has 2 aromatic carbocycles. The SMILES string of the molecule is C[C@H](NC(=O)CCNC(=O)c1ccc([N+](=O)[O-])cc1)c1ccc(Cl)cc1. The minimum absolute atomic E-state index is 0.0860. The van der Waals surface area contributed by atoms with E-state index in [2.05, 4.69) is 10.6 Å². The number of rotatable bonds is 7. The van der Waals surface area contributed by atoms with Gasteiger partial charge >= 0.3 is 0 Å². The number of hydrogen-bond donors (Lipinski definition) is 2. The van der Waals surface area contributed by atoms with Gasteiger partial charge in [0.05, 0.1) is 11.0 Å². The number of amides is 2. The maximum atomic E-state index is 12.0. The molecular weight excluding hydrogens is 358 g/mol. The van der Waals surface area contributed by atoms with E-state index in [0.717, 1.165) is 5.56 Å². The van der Waals surface area contributed by atoms with Crippen LogP contribution in [0.15, 0.2) is 48.5 Å². The Morgan fingerprint density at radius 3 is 2.31 bits per heavy atom. The van der Waals surface area contributed by atoms with E-state index >= 15 is 0 Å². The molecule has 2 amide bonds. The van der Waals surface area contributed by atoms with Gasteiger partial charge in [-0.2, -0.15) is 0 Å². The Morgan fingerprint density at radius 1 is 1.12 bits per heavy atom. The highest BCUT2D eigenvalue weighted by molar-refractivity contribution is 6.30. The van der Waals surface area contributed by atoms with Gasteiger partial charge in [-0.25, -0.2) is 0 Å². The van der Waals surface area contributed by atoms with Crippen LogP contribution < -0.4 is 10.6 Å². The van der Waals surface area contributed by atoms with Gasteiger partial charge in [-0.1, -0.05) is 23.7 Å². The first-order valence-corrected chi connectivity index (χ1v) is 8.32. The van der Waals surface area contributed by atoms with Gasteiger partial charge in [-0.3, -0.25) is 19.7 Å². The van der Waals surface area contributed by atoms with Crippen LogP contribution in [0.1, 0.15) is 35.3 Å². The van der Waals surface area contributed by atoms with Gasteiger partial charge < -0.3 is 10.6 Å². The molecule has 7 nitrogen and oxygen atoms in total. The second kappa shape index (κ2) is 8.96. The van der Waals surface area contributed by atoms with Crippen molar-refractivity contribution < 1.29 is 14.5 Å².